The Kier molecular flexibility index (Phi) is 1.74. The van der Waals surface area contributed by atoms with Gasteiger partial charge < -0.3 is 5.11 Å². The molecule has 0 aliphatic carbocycles. The van der Waals surface area contributed by atoms with E-state index in [1.54, 1.807) is 0 Å². The maximum Gasteiger partial charge on any atom is 0.356 e. The van der Waals surface area contributed by atoms with Crippen LogP contribution >= 0.6 is 0 Å². The minimum atomic E-state index is -1.12. The Balaban J connectivity index is 2.65. The van der Waals surface area contributed by atoms with Crippen LogP contribution in [0.3, 0.4) is 0 Å². The summed E-state index contributed by atoms with van der Waals surface area (Å²) in [6, 6.07) is 1.33. The van der Waals surface area contributed by atoms with Crippen LogP contribution in [0.2, 0.25) is 0 Å². The third kappa shape index (κ3) is 1.22. The first-order valence-corrected chi connectivity index (χ1v) is 3.74. The maximum atomic E-state index is 10.6. The molecule has 0 unspecified atom stereocenters. The monoisotopic (exact) mass is 191 g/mol. The second-order valence-electron chi connectivity index (χ2n) is 2.64. The van der Waals surface area contributed by atoms with E-state index >= 15 is 0 Å². The van der Waals surface area contributed by atoms with Crippen LogP contribution < -0.4 is 0 Å². The van der Waals surface area contributed by atoms with Gasteiger partial charge in [0.2, 0.25) is 0 Å². The van der Waals surface area contributed by atoms with Crippen LogP contribution in [0.25, 0.3) is 5.65 Å². The van der Waals surface area contributed by atoms with E-state index in [0.717, 1.165) is 0 Å². The Morgan fingerprint density at radius 2 is 2.36 bits per heavy atom. The molecule has 14 heavy (non-hydrogen) atoms. The number of aldehydes is 1. The Morgan fingerprint density at radius 3 is 3.00 bits per heavy atom. The van der Waals surface area contributed by atoms with E-state index in [4.69, 9.17) is 5.11 Å². The normalized spacial score (nSPS) is 10.3. The van der Waals surface area contributed by atoms with E-state index < -0.39 is 5.97 Å². The molecule has 6 nitrogen and oxygen atoms in total. The van der Waals surface area contributed by atoms with E-state index in [2.05, 4.69) is 10.1 Å². The van der Waals surface area contributed by atoms with Gasteiger partial charge in [0.15, 0.2) is 17.6 Å². The average Bonchev–Trinajstić information content (AvgIpc) is 2.59. The van der Waals surface area contributed by atoms with Gasteiger partial charge >= 0.3 is 5.97 Å². The van der Waals surface area contributed by atoms with Crippen molar-refractivity contribution in [3.63, 3.8) is 0 Å². The fraction of sp³-hybridized carbons (Fsp3) is 0. The number of hydrogen-bond acceptors (Lipinski definition) is 4. The van der Waals surface area contributed by atoms with Crippen LogP contribution in [0.15, 0.2) is 18.5 Å². The third-order valence-corrected chi connectivity index (χ3v) is 1.69. The molecule has 2 heterocycles. The first kappa shape index (κ1) is 8.36. The Bertz CT molecular complexity index is 518. The van der Waals surface area contributed by atoms with Crippen LogP contribution in [-0.2, 0) is 0 Å². The van der Waals surface area contributed by atoms with Crippen LogP contribution in [0.1, 0.15) is 20.8 Å². The Labute approximate surface area is 77.8 Å². The molecule has 0 atom stereocenters. The SMILES string of the molecule is O=Cc1cnc2cc(C(=O)O)nn2c1. The molecule has 0 saturated carbocycles. The van der Waals surface area contributed by atoms with Gasteiger partial charge in [0.1, 0.15) is 0 Å². The number of carboxylic acids is 1. The summed E-state index contributed by atoms with van der Waals surface area (Å²) in [6.45, 7) is 0. The smallest absolute Gasteiger partial charge is 0.356 e. The van der Waals surface area contributed by atoms with Gasteiger partial charge in [-0.15, -0.1) is 0 Å². The summed E-state index contributed by atoms with van der Waals surface area (Å²) in [5, 5.41) is 12.4. The lowest BCUT2D eigenvalue weighted by atomic mass is 10.4. The Morgan fingerprint density at radius 1 is 1.57 bits per heavy atom. The summed E-state index contributed by atoms with van der Waals surface area (Å²) in [5.74, 6) is -1.12. The minimum absolute atomic E-state index is 0.0967. The lowest BCUT2D eigenvalue weighted by Gasteiger charge is -1.91. The number of aromatic carboxylic acids is 1. The first-order chi connectivity index (χ1) is 6.70. The van der Waals surface area contributed by atoms with Crippen LogP contribution in [0.4, 0.5) is 0 Å². The molecule has 6 heteroatoms. The molecule has 0 aromatic carbocycles. The van der Waals surface area contributed by atoms with Crippen molar-refractivity contribution >= 4 is 17.9 Å². The van der Waals surface area contributed by atoms with Crippen molar-refractivity contribution in [1.82, 2.24) is 14.6 Å². The highest BCUT2D eigenvalue weighted by Crippen LogP contribution is 2.04. The zero-order chi connectivity index (χ0) is 10.1. The molecular formula is C8H5N3O3. The van der Waals surface area contributed by atoms with Crippen molar-refractivity contribution in [3.05, 3.63) is 29.7 Å². The molecule has 0 amide bonds. The molecule has 0 aliphatic rings. The predicted octanol–water partition coefficient (Wildman–Crippen LogP) is 0.240. The molecule has 70 valence electrons. The lowest BCUT2D eigenvalue weighted by Crippen LogP contribution is -1.98. The molecule has 0 fully saturated rings. The highest BCUT2D eigenvalue weighted by atomic mass is 16.4. The number of hydrogen-bond donors (Lipinski definition) is 1. The van der Waals surface area contributed by atoms with Crippen LogP contribution in [0.5, 0.6) is 0 Å². The number of carbonyl (C=O) groups excluding carboxylic acids is 1. The van der Waals surface area contributed by atoms with Crippen molar-refractivity contribution in [2.24, 2.45) is 0 Å². The quantitative estimate of drug-likeness (QED) is 0.687. The summed E-state index contributed by atoms with van der Waals surface area (Å²) in [5.41, 5.74) is 0.645. The standard InChI is InChI=1S/C8H5N3O3/c12-4-5-2-9-7-1-6(8(13)14)10-11(7)3-5/h1-4H,(H,13,14). The van der Waals surface area contributed by atoms with Gasteiger partial charge in [-0.25, -0.2) is 14.3 Å². The van der Waals surface area contributed by atoms with Gasteiger partial charge in [-0.05, 0) is 0 Å². The van der Waals surface area contributed by atoms with Crippen LogP contribution in [-0.4, -0.2) is 32.0 Å². The molecule has 0 radical (unpaired) electrons. The summed E-state index contributed by atoms with van der Waals surface area (Å²) in [7, 11) is 0. The summed E-state index contributed by atoms with van der Waals surface area (Å²) >= 11 is 0. The van der Waals surface area contributed by atoms with E-state index in [-0.39, 0.29) is 5.69 Å². The lowest BCUT2D eigenvalue weighted by molar-refractivity contribution is 0.0690. The molecule has 0 aliphatic heterocycles. The van der Waals surface area contributed by atoms with E-state index in [0.29, 0.717) is 17.5 Å². The largest absolute Gasteiger partial charge is 0.476 e. The molecule has 1 N–H and O–H groups in total. The molecule has 2 rings (SSSR count). The van der Waals surface area contributed by atoms with E-state index in [9.17, 15) is 9.59 Å². The zero-order valence-electron chi connectivity index (χ0n) is 6.91. The number of carbonyl (C=O) groups is 2. The fourth-order valence-corrected chi connectivity index (χ4v) is 1.06. The maximum absolute atomic E-state index is 10.6. The first-order valence-electron chi connectivity index (χ1n) is 3.74. The number of aromatic nitrogens is 3. The van der Waals surface area contributed by atoms with Crippen molar-refractivity contribution in [2.45, 2.75) is 0 Å². The van der Waals surface area contributed by atoms with E-state index in [1.165, 1.54) is 23.0 Å². The number of carboxylic acid groups (broad SMARTS) is 1. The van der Waals surface area contributed by atoms with Crippen molar-refractivity contribution in [3.8, 4) is 0 Å². The van der Waals surface area contributed by atoms with Gasteiger partial charge in [-0.2, -0.15) is 5.10 Å². The number of rotatable bonds is 2. The van der Waals surface area contributed by atoms with Crippen molar-refractivity contribution < 1.29 is 14.7 Å². The molecule has 0 bridgehead atoms. The molecule has 0 spiro atoms. The zero-order valence-corrected chi connectivity index (χ0v) is 6.91. The molecule has 2 aromatic rings. The minimum Gasteiger partial charge on any atom is -0.476 e. The fourth-order valence-electron chi connectivity index (χ4n) is 1.06. The Hall–Kier alpha value is -2.24. The summed E-state index contributed by atoms with van der Waals surface area (Å²) in [4.78, 5) is 24.8. The van der Waals surface area contributed by atoms with Gasteiger partial charge in [0.25, 0.3) is 0 Å². The van der Waals surface area contributed by atoms with Gasteiger partial charge in [0.05, 0.1) is 5.56 Å². The molecule has 2 aromatic heterocycles. The summed E-state index contributed by atoms with van der Waals surface area (Å²) in [6.07, 6.45) is 3.39. The number of nitrogens with zero attached hydrogens (tertiary/aromatic N) is 3. The van der Waals surface area contributed by atoms with Crippen molar-refractivity contribution in [2.75, 3.05) is 0 Å². The topological polar surface area (TPSA) is 84.6 Å². The highest BCUT2D eigenvalue weighted by molar-refractivity contribution is 5.86. The second kappa shape index (κ2) is 2.91. The molecule has 0 saturated heterocycles. The molecular weight excluding hydrogens is 186 g/mol. The predicted molar refractivity (Wildman–Crippen MR) is 45.3 cm³/mol. The third-order valence-electron chi connectivity index (χ3n) is 1.69. The van der Waals surface area contributed by atoms with E-state index in [1.807, 2.05) is 0 Å². The van der Waals surface area contributed by atoms with Crippen molar-refractivity contribution in [1.29, 1.82) is 0 Å². The van der Waals surface area contributed by atoms with Gasteiger partial charge in [0, 0.05) is 18.5 Å². The highest BCUT2D eigenvalue weighted by Gasteiger charge is 2.09. The van der Waals surface area contributed by atoms with Gasteiger partial charge in [-0.3, -0.25) is 4.79 Å². The average molecular weight is 191 g/mol. The second-order valence-corrected chi connectivity index (χ2v) is 2.64. The number of fused-ring (bicyclic) bond motifs is 1. The van der Waals surface area contributed by atoms with Gasteiger partial charge in [-0.1, -0.05) is 0 Å². The van der Waals surface area contributed by atoms with Crippen LogP contribution in [0, 0.1) is 0 Å². The summed E-state index contributed by atoms with van der Waals surface area (Å²) < 4.78 is 1.26.